The van der Waals surface area contributed by atoms with Gasteiger partial charge in [-0.1, -0.05) is 19.4 Å². The van der Waals surface area contributed by atoms with Crippen LogP contribution in [0, 0.1) is 0 Å². The van der Waals surface area contributed by atoms with Crippen LogP contribution in [0.25, 0.3) is 0 Å². The molecule has 112 valence electrons. The lowest BCUT2D eigenvalue weighted by molar-refractivity contribution is 0.232. The molecule has 1 saturated carbocycles. The monoisotopic (exact) mass is 314 g/mol. The van der Waals surface area contributed by atoms with Crippen molar-refractivity contribution >= 4 is 28.2 Å². The molecule has 1 aliphatic carbocycles. The molecular formula is C14H22N2O2S2. The molecular weight excluding hydrogens is 292 g/mol. The summed E-state index contributed by atoms with van der Waals surface area (Å²) in [7, 11) is -0.747. The van der Waals surface area contributed by atoms with E-state index in [0.717, 1.165) is 30.6 Å². The number of hydrogen-bond donors (Lipinski definition) is 2. The summed E-state index contributed by atoms with van der Waals surface area (Å²) in [4.78, 5) is 13.0. The van der Waals surface area contributed by atoms with Crippen LogP contribution in [0.15, 0.2) is 17.5 Å². The van der Waals surface area contributed by atoms with Gasteiger partial charge in [-0.3, -0.25) is 4.21 Å². The fourth-order valence-corrected chi connectivity index (χ4v) is 4.56. The summed E-state index contributed by atoms with van der Waals surface area (Å²) >= 11 is 1.64. The molecule has 6 heteroatoms. The molecule has 3 unspecified atom stereocenters. The van der Waals surface area contributed by atoms with Gasteiger partial charge in [-0.15, -0.1) is 11.3 Å². The van der Waals surface area contributed by atoms with Crippen LogP contribution in [0.2, 0.25) is 0 Å². The molecule has 0 radical (unpaired) electrons. The van der Waals surface area contributed by atoms with Gasteiger partial charge in [-0.25, -0.2) is 4.79 Å². The first kappa shape index (κ1) is 15.5. The Hall–Kier alpha value is -0.880. The second-order valence-corrected chi connectivity index (χ2v) is 8.10. The van der Waals surface area contributed by atoms with E-state index < -0.39 is 10.8 Å². The van der Waals surface area contributed by atoms with Crippen LogP contribution in [-0.2, 0) is 17.3 Å². The molecule has 1 fully saturated rings. The Morgan fingerprint density at radius 1 is 1.50 bits per heavy atom. The number of carbonyl (C=O) groups excluding carboxylic acids is 1. The molecule has 20 heavy (non-hydrogen) atoms. The molecule has 2 amide bonds. The number of nitrogens with one attached hydrogen (secondary N) is 2. The van der Waals surface area contributed by atoms with Crippen LogP contribution in [0.3, 0.4) is 0 Å². The number of rotatable bonds is 5. The van der Waals surface area contributed by atoms with Gasteiger partial charge >= 0.3 is 6.03 Å². The molecule has 0 aromatic carbocycles. The van der Waals surface area contributed by atoms with Crippen molar-refractivity contribution in [2.45, 2.75) is 50.4 Å². The van der Waals surface area contributed by atoms with E-state index in [9.17, 15) is 9.00 Å². The molecule has 0 saturated heterocycles. The maximum absolute atomic E-state index is 11.9. The largest absolute Gasteiger partial charge is 0.335 e. The average molecular weight is 314 g/mol. The topological polar surface area (TPSA) is 58.2 Å². The number of urea groups is 1. The van der Waals surface area contributed by atoms with Crippen molar-refractivity contribution in [3.8, 4) is 0 Å². The molecule has 4 nitrogen and oxygen atoms in total. The molecule has 1 aromatic heterocycles. The van der Waals surface area contributed by atoms with Crippen LogP contribution in [0.5, 0.6) is 0 Å². The second-order valence-electron chi connectivity index (χ2n) is 5.06. The number of carbonyl (C=O) groups is 1. The summed E-state index contributed by atoms with van der Waals surface area (Å²) < 4.78 is 11.9. The van der Waals surface area contributed by atoms with E-state index in [-0.39, 0.29) is 17.3 Å². The predicted molar refractivity (Wildman–Crippen MR) is 84.4 cm³/mol. The Labute approximate surface area is 126 Å². The standard InChI is InChI=1S/C14H22N2O2S2/c1-2-20(18)13-7-3-5-11(9-13)16-14(17)15-10-12-6-4-8-19-12/h4,6,8,11,13H,2-3,5,7,9-10H2,1H3,(H2,15,16,17). The van der Waals surface area contributed by atoms with E-state index in [2.05, 4.69) is 10.6 Å². The van der Waals surface area contributed by atoms with E-state index in [1.54, 1.807) is 11.3 Å². The fraction of sp³-hybridized carbons (Fsp3) is 0.643. The third-order valence-electron chi connectivity index (χ3n) is 3.62. The summed E-state index contributed by atoms with van der Waals surface area (Å²) in [5, 5.41) is 8.13. The van der Waals surface area contributed by atoms with Crippen LogP contribution >= 0.6 is 11.3 Å². The van der Waals surface area contributed by atoms with E-state index in [4.69, 9.17) is 0 Å². The SMILES string of the molecule is CCS(=O)C1CCCC(NC(=O)NCc2cccs2)C1. The lowest BCUT2D eigenvalue weighted by Crippen LogP contribution is -2.45. The Balaban J connectivity index is 1.74. The molecule has 0 aliphatic heterocycles. The van der Waals surface area contributed by atoms with Crippen molar-refractivity contribution in [1.29, 1.82) is 0 Å². The predicted octanol–water partition coefficient (Wildman–Crippen LogP) is 2.63. The number of thiophene rings is 1. The Morgan fingerprint density at radius 2 is 2.35 bits per heavy atom. The minimum atomic E-state index is -0.747. The van der Waals surface area contributed by atoms with Crippen molar-refractivity contribution in [3.63, 3.8) is 0 Å². The Kier molecular flexibility index (Phi) is 6.04. The van der Waals surface area contributed by atoms with Crippen molar-refractivity contribution in [1.82, 2.24) is 10.6 Å². The lowest BCUT2D eigenvalue weighted by atomic mass is 9.95. The highest BCUT2D eigenvalue weighted by molar-refractivity contribution is 7.85. The minimum Gasteiger partial charge on any atom is -0.335 e. The normalized spacial score (nSPS) is 24.1. The maximum Gasteiger partial charge on any atom is 0.315 e. The summed E-state index contributed by atoms with van der Waals surface area (Å²) in [6, 6.07) is 4.02. The summed E-state index contributed by atoms with van der Waals surface area (Å²) in [5.41, 5.74) is 0. The Morgan fingerprint density at radius 3 is 3.05 bits per heavy atom. The van der Waals surface area contributed by atoms with E-state index >= 15 is 0 Å². The molecule has 1 heterocycles. The minimum absolute atomic E-state index is 0.119. The summed E-state index contributed by atoms with van der Waals surface area (Å²) in [6.45, 7) is 2.53. The maximum atomic E-state index is 11.9. The van der Waals surface area contributed by atoms with E-state index in [1.165, 1.54) is 0 Å². The van der Waals surface area contributed by atoms with Crippen molar-refractivity contribution < 1.29 is 9.00 Å². The van der Waals surface area contributed by atoms with Gasteiger partial charge in [-0.2, -0.15) is 0 Å². The zero-order valence-electron chi connectivity index (χ0n) is 11.8. The summed E-state index contributed by atoms with van der Waals surface area (Å²) in [6.07, 6.45) is 3.90. The molecule has 3 atom stereocenters. The van der Waals surface area contributed by atoms with Crippen LogP contribution in [0.1, 0.15) is 37.5 Å². The van der Waals surface area contributed by atoms with Gasteiger partial charge in [0.1, 0.15) is 0 Å². The van der Waals surface area contributed by atoms with Gasteiger partial charge < -0.3 is 10.6 Å². The molecule has 0 spiro atoms. The first-order valence-corrected chi connectivity index (χ1v) is 9.39. The molecule has 2 rings (SSSR count). The van der Waals surface area contributed by atoms with Crippen LogP contribution in [0.4, 0.5) is 4.79 Å². The zero-order chi connectivity index (χ0) is 14.4. The van der Waals surface area contributed by atoms with Gasteiger partial charge in [0, 0.05) is 32.7 Å². The molecule has 1 aliphatic rings. The van der Waals surface area contributed by atoms with E-state index in [0.29, 0.717) is 12.3 Å². The van der Waals surface area contributed by atoms with Crippen molar-refractivity contribution in [3.05, 3.63) is 22.4 Å². The fourth-order valence-electron chi connectivity index (χ4n) is 2.57. The molecule has 2 N–H and O–H groups in total. The first-order chi connectivity index (χ1) is 9.69. The molecule has 0 bridgehead atoms. The van der Waals surface area contributed by atoms with E-state index in [1.807, 2.05) is 24.4 Å². The zero-order valence-corrected chi connectivity index (χ0v) is 13.4. The first-order valence-electron chi connectivity index (χ1n) is 7.13. The van der Waals surface area contributed by atoms with Gasteiger partial charge in [0.15, 0.2) is 0 Å². The number of hydrogen-bond acceptors (Lipinski definition) is 3. The lowest BCUT2D eigenvalue weighted by Gasteiger charge is -2.29. The summed E-state index contributed by atoms with van der Waals surface area (Å²) in [5.74, 6) is 0.710. The average Bonchev–Trinajstić information content (AvgIpc) is 2.98. The van der Waals surface area contributed by atoms with Crippen molar-refractivity contribution in [2.75, 3.05) is 5.75 Å². The Bertz CT molecular complexity index is 448. The van der Waals surface area contributed by atoms with Crippen molar-refractivity contribution in [2.24, 2.45) is 0 Å². The second kappa shape index (κ2) is 7.78. The van der Waals surface area contributed by atoms with Crippen LogP contribution < -0.4 is 10.6 Å². The third kappa shape index (κ3) is 4.59. The van der Waals surface area contributed by atoms with Gasteiger partial charge in [0.05, 0.1) is 6.54 Å². The number of amides is 2. The smallest absolute Gasteiger partial charge is 0.315 e. The third-order valence-corrected chi connectivity index (χ3v) is 6.24. The van der Waals surface area contributed by atoms with Crippen LogP contribution in [-0.4, -0.2) is 27.3 Å². The quantitative estimate of drug-likeness (QED) is 0.878. The highest BCUT2D eigenvalue weighted by Crippen LogP contribution is 2.22. The van der Waals surface area contributed by atoms with Gasteiger partial charge in [-0.05, 0) is 30.7 Å². The molecule has 1 aromatic rings. The highest BCUT2D eigenvalue weighted by atomic mass is 32.2. The highest BCUT2D eigenvalue weighted by Gasteiger charge is 2.26. The van der Waals surface area contributed by atoms with Gasteiger partial charge in [0.25, 0.3) is 0 Å². The van der Waals surface area contributed by atoms with Gasteiger partial charge in [0.2, 0.25) is 0 Å².